The van der Waals surface area contributed by atoms with Crippen molar-refractivity contribution in [3.8, 4) is 5.75 Å². The van der Waals surface area contributed by atoms with Crippen molar-refractivity contribution in [2.75, 3.05) is 34.5 Å². The highest BCUT2D eigenvalue weighted by Gasteiger charge is 2.36. The van der Waals surface area contributed by atoms with Gasteiger partial charge in [-0.1, -0.05) is 0 Å². The van der Waals surface area contributed by atoms with Crippen LogP contribution in [0.4, 0.5) is 0 Å². The second kappa shape index (κ2) is 9.04. The van der Waals surface area contributed by atoms with Gasteiger partial charge >= 0.3 is 27.9 Å². The Morgan fingerprint density at radius 2 is 1.74 bits per heavy atom. The van der Waals surface area contributed by atoms with E-state index in [1.54, 1.807) is 6.92 Å². The van der Waals surface area contributed by atoms with Crippen molar-refractivity contribution >= 4 is 27.9 Å². The maximum Gasteiger partial charge on any atom is 0.360 e. The molecule has 1 aromatic heterocycles. The number of fused-ring (bicyclic) bond motifs is 1. The second-order valence-electron chi connectivity index (χ2n) is 7.51. The van der Waals surface area contributed by atoms with Gasteiger partial charge in [-0.3, -0.25) is 19.0 Å². The average molecular weight is 458 g/mol. The van der Waals surface area contributed by atoms with E-state index >= 15 is 0 Å². The molecular formula is C18H26N4O8S. The van der Waals surface area contributed by atoms with E-state index in [0.717, 1.165) is 23.2 Å². The molecule has 0 spiro atoms. The van der Waals surface area contributed by atoms with Gasteiger partial charge < -0.3 is 18.7 Å². The number of amides is 2. The van der Waals surface area contributed by atoms with Crippen LogP contribution in [-0.4, -0.2) is 80.1 Å². The molecular weight excluding hydrogens is 432 g/mol. The van der Waals surface area contributed by atoms with E-state index < -0.39 is 57.0 Å². The van der Waals surface area contributed by atoms with E-state index in [-0.39, 0.29) is 5.82 Å². The van der Waals surface area contributed by atoms with Crippen LogP contribution in [0.1, 0.15) is 54.6 Å². The lowest BCUT2D eigenvalue weighted by Gasteiger charge is -2.29. The molecule has 2 atom stereocenters. The molecule has 12 nitrogen and oxygen atoms in total. The van der Waals surface area contributed by atoms with Gasteiger partial charge in [0.15, 0.2) is 5.69 Å². The molecule has 1 aliphatic heterocycles. The average Bonchev–Trinajstić information content (AvgIpc) is 2.85. The summed E-state index contributed by atoms with van der Waals surface area (Å²) in [7, 11) is 1.16. The number of esters is 1. The first-order chi connectivity index (χ1) is 14.3. The van der Waals surface area contributed by atoms with E-state index in [4.69, 9.17) is 4.18 Å². The van der Waals surface area contributed by atoms with Crippen LogP contribution in [0.2, 0.25) is 0 Å². The highest BCUT2D eigenvalue weighted by molar-refractivity contribution is 7.86. The Balaban J connectivity index is 2.77. The number of hydrogen-bond donors (Lipinski definition) is 0. The van der Waals surface area contributed by atoms with Crippen LogP contribution in [0.5, 0.6) is 5.75 Å². The smallest absolute Gasteiger partial charge is 0.360 e. The molecule has 0 N–H and O–H groups in total. The summed E-state index contributed by atoms with van der Waals surface area (Å²) >= 11 is 0. The summed E-state index contributed by atoms with van der Waals surface area (Å²) in [5.74, 6) is -3.39. The number of nitrogens with zero attached hydrogens (tertiary/aromatic N) is 4. The Morgan fingerprint density at radius 1 is 1.13 bits per heavy atom. The zero-order valence-electron chi connectivity index (χ0n) is 18.2. The number of likely N-dealkylation sites (N-methyl/N-ethyl adjacent to an activating group) is 2. The van der Waals surface area contributed by atoms with Gasteiger partial charge in [0, 0.05) is 27.2 Å². The van der Waals surface area contributed by atoms with Crippen molar-refractivity contribution < 1.29 is 31.7 Å². The lowest BCUT2D eigenvalue weighted by molar-refractivity contribution is -0.151. The number of hydrogen-bond acceptors (Lipinski definition) is 9. The van der Waals surface area contributed by atoms with E-state index in [9.17, 15) is 27.6 Å². The van der Waals surface area contributed by atoms with E-state index in [1.807, 2.05) is 0 Å². The summed E-state index contributed by atoms with van der Waals surface area (Å²) in [6, 6.07) is -1.24. The highest BCUT2D eigenvalue weighted by atomic mass is 32.2. The number of carbonyl (C=O) groups is 3. The zero-order valence-corrected chi connectivity index (χ0v) is 19.1. The topological polar surface area (TPSA) is 145 Å². The van der Waals surface area contributed by atoms with Crippen LogP contribution in [0.15, 0.2) is 4.79 Å². The third-order valence-electron chi connectivity index (χ3n) is 4.93. The van der Waals surface area contributed by atoms with E-state index in [0.29, 0.717) is 19.3 Å². The maximum absolute atomic E-state index is 13.2. The quantitative estimate of drug-likeness (QED) is 0.337. The van der Waals surface area contributed by atoms with Gasteiger partial charge in [0.05, 0.1) is 19.4 Å². The fraction of sp³-hybridized carbons (Fsp3) is 0.611. The van der Waals surface area contributed by atoms with Crippen LogP contribution < -0.4 is 9.74 Å². The lowest BCUT2D eigenvalue weighted by atomic mass is 10.1. The lowest BCUT2D eigenvalue weighted by Crippen LogP contribution is -2.44. The molecule has 13 heteroatoms. The summed E-state index contributed by atoms with van der Waals surface area (Å²) in [4.78, 5) is 56.8. The monoisotopic (exact) mass is 458 g/mol. The van der Waals surface area contributed by atoms with Gasteiger partial charge in [-0.25, -0.2) is 9.78 Å². The first-order valence-electron chi connectivity index (χ1n) is 9.42. The van der Waals surface area contributed by atoms with Gasteiger partial charge in [0.2, 0.25) is 5.75 Å². The molecule has 2 amide bonds. The van der Waals surface area contributed by atoms with Gasteiger partial charge in [-0.15, -0.1) is 0 Å². The molecule has 0 saturated heterocycles. The highest BCUT2D eigenvalue weighted by Crippen LogP contribution is 2.33. The number of rotatable bonds is 4. The Bertz CT molecular complexity index is 1060. The zero-order chi connectivity index (χ0) is 23.7. The molecule has 172 valence electrons. The molecule has 0 fully saturated rings. The number of methoxy groups -OCH3 is 1. The largest absolute Gasteiger partial charge is 0.464 e. The number of ether oxygens (including phenoxy) is 1. The van der Waals surface area contributed by atoms with Crippen LogP contribution in [0.3, 0.4) is 0 Å². The normalized spacial score (nSPS) is 18.4. The summed E-state index contributed by atoms with van der Waals surface area (Å²) in [5.41, 5.74) is -1.52. The van der Waals surface area contributed by atoms with E-state index in [2.05, 4.69) is 9.72 Å². The first-order valence-corrected chi connectivity index (χ1v) is 11.2. The number of aromatic nitrogens is 2. The molecule has 0 bridgehead atoms. The van der Waals surface area contributed by atoms with Crippen molar-refractivity contribution in [2.45, 2.75) is 38.3 Å². The summed E-state index contributed by atoms with van der Waals surface area (Å²) in [5, 5.41) is 0. The minimum atomic E-state index is -4.16. The first kappa shape index (κ1) is 24.3. The molecule has 0 aromatic carbocycles. The molecule has 1 aromatic rings. The van der Waals surface area contributed by atoms with E-state index in [1.165, 1.54) is 25.7 Å². The Morgan fingerprint density at radius 3 is 2.26 bits per heavy atom. The molecule has 0 aliphatic carbocycles. The van der Waals surface area contributed by atoms with Crippen LogP contribution in [-0.2, 0) is 24.4 Å². The fourth-order valence-corrected chi connectivity index (χ4v) is 3.82. The van der Waals surface area contributed by atoms with Crippen LogP contribution >= 0.6 is 0 Å². The molecule has 0 unspecified atom stereocenters. The maximum atomic E-state index is 13.2. The predicted octanol–water partition coefficient (Wildman–Crippen LogP) is -0.299. The van der Waals surface area contributed by atoms with Crippen molar-refractivity contribution in [1.82, 2.24) is 19.4 Å². The molecule has 31 heavy (non-hydrogen) atoms. The molecule has 2 heterocycles. The SMILES string of the molecule is COC(=O)c1nc2n(c(=O)c1OS(C)(=O)=O)[C@H](C)CCC[C@H]2N(C)C(=O)C(=O)N(C)C. The Kier molecular flexibility index (Phi) is 7.09. The van der Waals surface area contributed by atoms with Crippen molar-refractivity contribution in [3.05, 3.63) is 21.9 Å². The third kappa shape index (κ3) is 5.03. The second-order valence-corrected chi connectivity index (χ2v) is 9.09. The fourth-order valence-electron chi connectivity index (χ4n) is 3.37. The van der Waals surface area contributed by atoms with Gasteiger partial charge in [0.25, 0.3) is 5.56 Å². The molecule has 1 aliphatic rings. The summed E-state index contributed by atoms with van der Waals surface area (Å²) < 4.78 is 34.0. The predicted molar refractivity (Wildman–Crippen MR) is 108 cm³/mol. The molecule has 2 rings (SSSR count). The Labute approximate surface area is 179 Å². The minimum Gasteiger partial charge on any atom is -0.464 e. The molecule has 0 radical (unpaired) electrons. The van der Waals surface area contributed by atoms with Gasteiger partial charge in [0.1, 0.15) is 5.82 Å². The third-order valence-corrected chi connectivity index (χ3v) is 5.40. The van der Waals surface area contributed by atoms with Crippen LogP contribution in [0, 0.1) is 0 Å². The number of carbonyl (C=O) groups excluding carboxylic acids is 3. The van der Waals surface area contributed by atoms with Crippen molar-refractivity contribution in [2.24, 2.45) is 0 Å². The van der Waals surface area contributed by atoms with Crippen molar-refractivity contribution in [3.63, 3.8) is 0 Å². The Hall–Kier alpha value is -2.96. The minimum absolute atomic E-state index is 0.0404. The standard InChI is InChI=1S/C18H26N4O8S/c1-10-8-7-9-11(21(4)17(25)16(24)20(2)3)14-19-12(18(26)29-5)13(15(23)22(10)14)30-31(6,27)28/h10-11H,7-9H2,1-6H3/t10-,11-/m1/s1. The van der Waals surface area contributed by atoms with Gasteiger partial charge in [-0.05, 0) is 26.2 Å². The summed E-state index contributed by atoms with van der Waals surface area (Å²) in [6.07, 6.45) is 2.20. The summed E-state index contributed by atoms with van der Waals surface area (Å²) in [6.45, 7) is 1.73. The van der Waals surface area contributed by atoms with Crippen LogP contribution in [0.25, 0.3) is 0 Å². The molecule has 0 saturated carbocycles. The van der Waals surface area contributed by atoms with Crippen molar-refractivity contribution in [1.29, 1.82) is 0 Å². The van der Waals surface area contributed by atoms with Gasteiger partial charge in [-0.2, -0.15) is 8.42 Å².